The maximum absolute atomic E-state index is 13.4. The van der Waals surface area contributed by atoms with Crippen molar-refractivity contribution in [3.8, 4) is 23.6 Å². The molecule has 3 aromatic rings. The number of hydrogen-bond donors (Lipinski definition) is 2. The third-order valence-corrected chi connectivity index (χ3v) is 6.68. The number of fused-ring (bicyclic) bond motifs is 1. The number of hydrogen-bond acceptors (Lipinski definition) is 8. The largest absolute Gasteiger partial charge is 0.490 e. The van der Waals surface area contributed by atoms with Gasteiger partial charge in [-0.05, 0) is 44.0 Å². The van der Waals surface area contributed by atoms with Gasteiger partial charge in [0.15, 0.2) is 11.2 Å². The molecule has 0 saturated carbocycles. The number of benzene rings is 1. The van der Waals surface area contributed by atoms with Crippen molar-refractivity contribution >= 4 is 29.0 Å². The number of carboxylic acids is 1. The third-order valence-electron chi connectivity index (χ3n) is 6.68. The Hall–Kier alpha value is -4.58. The number of likely N-dealkylation sites (tertiary alicyclic amines) is 1. The van der Waals surface area contributed by atoms with Crippen LogP contribution in [0.3, 0.4) is 0 Å². The molecule has 4 heterocycles. The summed E-state index contributed by atoms with van der Waals surface area (Å²) < 4.78 is 40.9. The van der Waals surface area contributed by atoms with Gasteiger partial charge in [0.2, 0.25) is 5.95 Å². The quantitative estimate of drug-likeness (QED) is 0.430. The van der Waals surface area contributed by atoms with Crippen LogP contribution in [0.25, 0.3) is 11.2 Å². The van der Waals surface area contributed by atoms with Gasteiger partial charge < -0.3 is 25.0 Å². The summed E-state index contributed by atoms with van der Waals surface area (Å²) in [5.41, 5.74) is 1.10. The lowest BCUT2D eigenvalue weighted by atomic mass is 10.2. The van der Waals surface area contributed by atoms with E-state index < -0.39 is 12.1 Å². The topological polar surface area (TPSA) is 135 Å². The highest BCUT2D eigenvalue weighted by atomic mass is 19.4. The zero-order valence-electron chi connectivity index (χ0n) is 23.1. The first-order valence-corrected chi connectivity index (χ1v) is 13.2. The Bertz CT molecular complexity index is 1560. The molecular formula is C27H30F3N7O5. The predicted octanol–water partition coefficient (Wildman–Crippen LogP) is 2.22. The molecule has 0 spiro atoms. The van der Waals surface area contributed by atoms with Crippen LogP contribution >= 0.6 is 0 Å². The lowest BCUT2D eigenvalue weighted by molar-refractivity contribution is -0.192. The molecule has 12 nitrogen and oxygen atoms in total. The fraction of sp³-hybridized carbons (Fsp3) is 0.444. The van der Waals surface area contributed by atoms with Crippen LogP contribution in [0.2, 0.25) is 0 Å². The summed E-state index contributed by atoms with van der Waals surface area (Å²) in [6, 6.07) is 7.07. The number of nitrogens with zero attached hydrogens (tertiary/aromatic N) is 6. The molecule has 1 amide bonds. The van der Waals surface area contributed by atoms with E-state index in [1.54, 1.807) is 38.2 Å². The lowest BCUT2D eigenvalue weighted by Gasteiger charge is -2.28. The number of carbonyl (C=O) groups is 2. The highest BCUT2D eigenvalue weighted by Gasteiger charge is 2.38. The molecule has 0 atom stereocenters. The number of amides is 1. The predicted molar refractivity (Wildman–Crippen MR) is 147 cm³/mol. The number of alkyl halides is 3. The third kappa shape index (κ3) is 6.82. The van der Waals surface area contributed by atoms with Crippen LogP contribution in [0.1, 0.15) is 30.1 Å². The first kappa shape index (κ1) is 30.4. The van der Waals surface area contributed by atoms with Gasteiger partial charge in [-0.2, -0.15) is 23.1 Å². The second-order valence-electron chi connectivity index (χ2n) is 9.52. The van der Waals surface area contributed by atoms with Crippen molar-refractivity contribution in [2.24, 2.45) is 7.05 Å². The fourth-order valence-electron chi connectivity index (χ4n) is 4.51. The molecular weight excluding hydrogens is 559 g/mol. The van der Waals surface area contributed by atoms with Gasteiger partial charge in [-0.3, -0.25) is 18.7 Å². The van der Waals surface area contributed by atoms with E-state index in [-0.39, 0.29) is 17.5 Å². The van der Waals surface area contributed by atoms with Gasteiger partial charge >= 0.3 is 18.2 Å². The Morgan fingerprint density at radius 3 is 2.26 bits per heavy atom. The Kier molecular flexibility index (Phi) is 9.36. The van der Waals surface area contributed by atoms with Crippen molar-refractivity contribution < 1.29 is 32.6 Å². The normalized spacial score (nSPS) is 15.1. The van der Waals surface area contributed by atoms with E-state index in [0.29, 0.717) is 35.0 Å². The molecule has 2 aliphatic rings. The molecule has 2 aromatic heterocycles. The molecule has 2 fully saturated rings. The number of anilines is 1. The number of aliphatic carboxylic acids is 1. The molecule has 1 aromatic carbocycles. The summed E-state index contributed by atoms with van der Waals surface area (Å²) in [4.78, 5) is 48.2. The van der Waals surface area contributed by atoms with Crippen LogP contribution < -0.4 is 20.5 Å². The van der Waals surface area contributed by atoms with Gasteiger partial charge in [0.25, 0.3) is 11.5 Å². The van der Waals surface area contributed by atoms with Gasteiger partial charge in [0.1, 0.15) is 5.75 Å². The number of aromatic nitrogens is 4. The van der Waals surface area contributed by atoms with Crippen molar-refractivity contribution in [3.63, 3.8) is 0 Å². The number of nitrogens with one attached hydrogen (secondary N) is 1. The maximum atomic E-state index is 13.4. The van der Waals surface area contributed by atoms with Crippen molar-refractivity contribution in [2.75, 3.05) is 44.2 Å². The molecule has 224 valence electrons. The summed E-state index contributed by atoms with van der Waals surface area (Å²) in [6.07, 6.45) is -2.99. The average Bonchev–Trinajstić information content (AvgIpc) is 3.64. The van der Waals surface area contributed by atoms with Crippen LogP contribution in [-0.4, -0.2) is 86.4 Å². The summed E-state index contributed by atoms with van der Waals surface area (Å²) in [5, 5.41) is 10.5. The minimum absolute atomic E-state index is 0.0298. The Labute approximate surface area is 238 Å². The maximum Gasteiger partial charge on any atom is 0.490 e. The Morgan fingerprint density at radius 2 is 1.69 bits per heavy atom. The standard InChI is InChI=1S/C25H29N7O3.C2HF3O2/c1-3-4-15-32-20-21(27-24(32)31-16-11-26-12-17-31)28-25(29(2)23(20)34)35-19-9-7-18(8-10-19)22(33)30-13-5-6-14-30;3-2(4,5)1(6)7/h7-10,26H,5-6,11-17H2,1-2H3;(H,6,7). The number of ether oxygens (including phenoxy) is 1. The Morgan fingerprint density at radius 1 is 1.07 bits per heavy atom. The van der Waals surface area contributed by atoms with Crippen molar-refractivity contribution in [2.45, 2.75) is 32.5 Å². The molecule has 0 radical (unpaired) electrons. The van der Waals surface area contributed by atoms with E-state index in [1.807, 2.05) is 9.47 Å². The van der Waals surface area contributed by atoms with Gasteiger partial charge in [0.05, 0.1) is 6.54 Å². The zero-order chi connectivity index (χ0) is 30.4. The van der Waals surface area contributed by atoms with E-state index in [4.69, 9.17) is 19.6 Å². The molecule has 15 heteroatoms. The van der Waals surface area contributed by atoms with Gasteiger partial charge in [-0.1, -0.05) is 5.92 Å². The van der Waals surface area contributed by atoms with Crippen molar-refractivity contribution in [1.82, 2.24) is 29.3 Å². The van der Waals surface area contributed by atoms with Crippen LogP contribution in [0.15, 0.2) is 29.1 Å². The molecule has 42 heavy (non-hydrogen) atoms. The summed E-state index contributed by atoms with van der Waals surface area (Å²) in [6.45, 7) is 7.00. The van der Waals surface area contributed by atoms with E-state index >= 15 is 0 Å². The first-order valence-electron chi connectivity index (χ1n) is 13.2. The average molecular weight is 590 g/mol. The Balaban J connectivity index is 0.000000517. The van der Waals surface area contributed by atoms with Crippen LogP contribution in [-0.2, 0) is 18.4 Å². The highest BCUT2D eigenvalue weighted by molar-refractivity contribution is 5.94. The minimum Gasteiger partial charge on any atom is -0.475 e. The lowest BCUT2D eigenvalue weighted by Crippen LogP contribution is -2.44. The number of carboxylic acid groups (broad SMARTS) is 1. The number of halogens is 3. The first-order chi connectivity index (χ1) is 20.0. The van der Waals surface area contributed by atoms with Crippen LogP contribution in [0, 0.1) is 11.8 Å². The summed E-state index contributed by atoms with van der Waals surface area (Å²) in [5.74, 6) is 4.40. The number of carbonyl (C=O) groups excluding carboxylic acids is 1. The second-order valence-corrected chi connectivity index (χ2v) is 9.52. The summed E-state index contributed by atoms with van der Waals surface area (Å²) >= 11 is 0. The molecule has 2 saturated heterocycles. The highest BCUT2D eigenvalue weighted by Crippen LogP contribution is 2.25. The monoisotopic (exact) mass is 589 g/mol. The van der Waals surface area contributed by atoms with E-state index in [0.717, 1.165) is 52.1 Å². The molecule has 0 bridgehead atoms. The summed E-state index contributed by atoms with van der Waals surface area (Å²) in [7, 11) is 1.63. The van der Waals surface area contributed by atoms with Crippen LogP contribution in [0.4, 0.5) is 19.1 Å². The smallest absolute Gasteiger partial charge is 0.475 e. The van der Waals surface area contributed by atoms with E-state index in [2.05, 4.69) is 27.0 Å². The number of piperazine rings is 1. The van der Waals surface area contributed by atoms with E-state index in [9.17, 15) is 22.8 Å². The molecule has 5 rings (SSSR count). The SMILES string of the molecule is CC#CCn1c(N2CCNCC2)nc2nc(Oc3ccc(C(=O)N4CCCC4)cc3)n(C)c(=O)c21.O=C(O)C(F)(F)F. The number of imidazole rings is 1. The van der Waals surface area contributed by atoms with Gasteiger partial charge in [-0.15, -0.1) is 5.92 Å². The van der Waals surface area contributed by atoms with Crippen molar-refractivity contribution in [1.29, 1.82) is 0 Å². The van der Waals surface area contributed by atoms with Crippen molar-refractivity contribution in [3.05, 3.63) is 40.2 Å². The zero-order valence-corrected chi connectivity index (χ0v) is 23.1. The molecule has 2 aliphatic heterocycles. The molecule has 0 unspecified atom stereocenters. The fourth-order valence-corrected chi connectivity index (χ4v) is 4.51. The second kappa shape index (κ2) is 12.9. The van der Waals surface area contributed by atoms with Gasteiger partial charge in [-0.25, -0.2) is 4.79 Å². The van der Waals surface area contributed by atoms with Gasteiger partial charge in [0, 0.05) is 51.9 Å². The van der Waals surface area contributed by atoms with E-state index in [1.165, 1.54) is 4.57 Å². The molecule has 0 aliphatic carbocycles. The van der Waals surface area contributed by atoms with Crippen LogP contribution in [0.5, 0.6) is 11.8 Å². The number of rotatable bonds is 5. The minimum atomic E-state index is -5.08. The molecule has 2 N–H and O–H groups in total.